The monoisotopic (exact) mass is 522 g/mol. The summed E-state index contributed by atoms with van der Waals surface area (Å²) in [4.78, 5) is 36.9. The van der Waals surface area contributed by atoms with E-state index in [0.717, 1.165) is 16.6 Å². The number of benzene rings is 3. The number of aromatic nitrogens is 3. The molecule has 0 fully saturated rings. The van der Waals surface area contributed by atoms with Crippen molar-refractivity contribution in [2.75, 3.05) is 11.9 Å². The zero-order chi connectivity index (χ0) is 24.4. The molecule has 174 valence electrons. The number of aromatic amines is 1. The number of halogens is 2. The second-order valence-corrected chi connectivity index (χ2v) is 9.15. The van der Waals surface area contributed by atoms with E-state index in [1.807, 2.05) is 30.3 Å². The third kappa shape index (κ3) is 5.19. The summed E-state index contributed by atoms with van der Waals surface area (Å²) in [5.74, 6) is -0.412. The topological polar surface area (TPSA) is 97.0 Å². The van der Waals surface area contributed by atoms with Crippen LogP contribution in [0.3, 0.4) is 0 Å². The Balaban J connectivity index is 1.20. The van der Waals surface area contributed by atoms with Gasteiger partial charge in [-0.05, 0) is 30.3 Å². The van der Waals surface area contributed by atoms with Crippen molar-refractivity contribution >= 4 is 62.6 Å². The van der Waals surface area contributed by atoms with E-state index < -0.39 is 18.5 Å². The van der Waals surface area contributed by atoms with Crippen LogP contribution in [0.15, 0.2) is 72.1 Å². The lowest BCUT2D eigenvalue weighted by Gasteiger charge is -2.05. The number of carbonyl (C=O) groups is 2. The van der Waals surface area contributed by atoms with Crippen LogP contribution in [-0.2, 0) is 9.53 Å². The highest BCUT2D eigenvalue weighted by molar-refractivity contribution is 7.14. The minimum Gasteiger partial charge on any atom is -0.452 e. The minimum atomic E-state index is -0.617. The number of carbonyl (C=O) groups excluding carboxylic acids is 2. The Hall–Kier alpha value is -3.72. The summed E-state index contributed by atoms with van der Waals surface area (Å²) in [7, 11) is 0. The van der Waals surface area contributed by atoms with Crippen LogP contribution in [0.5, 0.6) is 0 Å². The number of hydrogen-bond acceptors (Lipinski definition) is 6. The predicted octanol–water partition coefficient (Wildman–Crippen LogP) is 6.46. The molecule has 35 heavy (non-hydrogen) atoms. The zero-order valence-electron chi connectivity index (χ0n) is 17.9. The highest BCUT2D eigenvalue weighted by atomic mass is 35.5. The van der Waals surface area contributed by atoms with Gasteiger partial charge in [0, 0.05) is 16.5 Å². The molecule has 0 aliphatic rings. The number of H-pyrrole nitrogens is 1. The third-order valence-electron chi connectivity index (χ3n) is 5.07. The summed E-state index contributed by atoms with van der Waals surface area (Å²) in [6.07, 6.45) is 0. The van der Waals surface area contributed by atoms with Crippen molar-refractivity contribution in [1.29, 1.82) is 0 Å². The fraction of sp³-hybridized carbons (Fsp3) is 0.0400. The fourth-order valence-electron chi connectivity index (χ4n) is 3.36. The predicted molar refractivity (Wildman–Crippen MR) is 138 cm³/mol. The number of thiazole rings is 1. The molecule has 0 saturated heterocycles. The lowest BCUT2D eigenvalue weighted by molar-refractivity contribution is -0.119. The molecule has 0 spiro atoms. The molecule has 0 bridgehead atoms. The van der Waals surface area contributed by atoms with E-state index >= 15 is 0 Å². The van der Waals surface area contributed by atoms with Gasteiger partial charge in [0.2, 0.25) is 0 Å². The normalized spacial score (nSPS) is 10.9. The highest BCUT2D eigenvalue weighted by Crippen LogP contribution is 2.30. The first-order chi connectivity index (χ1) is 17.0. The van der Waals surface area contributed by atoms with Crippen molar-refractivity contribution in [3.05, 3.63) is 87.7 Å². The molecule has 1 amide bonds. The quantitative estimate of drug-likeness (QED) is 0.249. The molecule has 5 aromatic rings. The second kappa shape index (κ2) is 9.87. The summed E-state index contributed by atoms with van der Waals surface area (Å²) in [5, 5.41) is 5.65. The van der Waals surface area contributed by atoms with E-state index in [4.69, 9.17) is 27.9 Å². The SMILES string of the molecule is O=C(COC(=O)c1ccc2nc(-c3ccccc3)[nH]c2c1)Nc1nc(-c2ccc(Cl)c(Cl)c2)cs1. The van der Waals surface area contributed by atoms with Gasteiger partial charge in [-0.1, -0.05) is 59.6 Å². The van der Waals surface area contributed by atoms with Crippen LogP contribution in [0, 0.1) is 0 Å². The maximum absolute atomic E-state index is 12.5. The molecular formula is C25H16Cl2N4O3S. The van der Waals surface area contributed by atoms with Gasteiger partial charge in [0.15, 0.2) is 11.7 Å². The molecule has 0 saturated carbocycles. The Labute approximate surface area is 213 Å². The first-order valence-corrected chi connectivity index (χ1v) is 12.0. The molecule has 2 heterocycles. The van der Waals surface area contributed by atoms with E-state index in [-0.39, 0.29) is 0 Å². The lowest BCUT2D eigenvalue weighted by Crippen LogP contribution is -2.20. The Morgan fingerprint density at radius 2 is 1.77 bits per heavy atom. The molecule has 2 N–H and O–H groups in total. The molecule has 0 atom stereocenters. The van der Waals surface area contributed by atoms with Crippen molar-refractivity contribution in [1.82, 2.24) is 15.0 Å². The van der Waals surface area contributed by atoms with E-state index in [1.165, 1.54) is 11.3 Å². The molecule has 2 aromatic heterocycles. The van der Waals surface area contributed by atoms with E-state index in [0.29, 0.717) is 37.8 Å². The Morgan fingerprint density at radius 3 is 2.57 bits per heavy atom. The number of ether oxygens (including phenoxy) is 1. The largest absolute Gasteiger partial charge is 0.452 e. The smallest absolute Gasteiger partial charge is 0.338 e. The van der Waals surface area contributed by atoms with Gasteiger partial charge in [-0.2, -0.15) is 0 Å². The van der Waals surface area contributed by atoms with E-state index in [2.05, 4.69) is 20.3 Å². The van der Waals surface area contributed by atoms with Gasteiger partial charge in [-0.25, -0.2) is 14.8 Å². The van der Waals surface area contributed by atoms with Crippen LogP contribution < -0.4 is 5.32 Å². The molecule has 0 radical (unpaired) electrons. The number of rotatable bonds is 6. The molecule has 10 heteroatoms. The van der Waals surface area contributed by atoms with Crippen molar-refractivity contribution in [3.8, 4) is 22.6 Å². The second-order valence-electron chi connectivity index (χ2n) is 7.47. The average molecular weight is 523 g/mol. The number of nitrogens with one attached hydrogen (secondary N) is 2. The highest BCUT2D eigenvalue weighted by Gasteiger charge is 2.14. The van der Waals surface area contributed by atoms with Crippen LogP contribution in [0.4, 0.5) is 5.13 Å². The van der Waals surface area contributed by atoms with Crippen LogP contribution in [-0.4, -0.2) is 33.4 Å². The molecule has 5 rings (SSSR count). The number of esters is 1. The number of nitrogens with zero attached hydrogens (tertiary/aromatic N) is 2. The number of amides is 1. The average Bonchev–Trinajstić information content (AvgIpc) is 3.51. The van der Waals surface area contributed by atoms with Gasteiger partial charge in [0.25, 0.3) is 5.91 Å². The molecule has 0 aliphatic heterocycles. The first-order valence-electron chi connectivity index (χ1n) is 10.4. The molecule has 0 unspecified atom stereocenters. The summed E-state index contributed by atoms with van der Waals surface area (Å²) < 4.78 is 5.18. The summed E-state index contributed by atoms with van der Waals surface area (Å²) in [6, 6.07) is 19.8. The number of hydrogen-bond donors (Lipinski definition) is 2. The maximum Gasteiger partial charge on any atom is 0.338 e. The van der Waals surface area contributed by atoms with Gasteiger partial charge in [-0.3, -0.25) is 10.1 Å². The number of imidazole rings is 1. The summed E-state index contributed by atoms with van der Waals surface area (Å²) >= 11 is 13.3. The standard InChI is InChI=1S/C25H16Cl2N4O3S/c26-17-8-6-15(10-18(17)27)21-13-35-25(30-21)31-22(32)12-34-24(33)16-7-9-19-20(11-16)29-23(28-19)14-4-2-1-3-5-14/h1-11,13H,12H2,(H,28,29)(H,30,31,32). The fourth-order valence-corrected chi connectivity index (χ4v) is 4.39. The van der Waals surface area contributed by atoms with E-state index in [1.54, 1.807) is 41.8 Å². The Bertz CT molecular complexity index is 1550. The van der Waals surface area contributed by atoms with Gasteiger partial charge in [-0.15, -0.1) is 11.3 Å². The van der Waals surface area contributed by atoms with Gasteiger partial charge in [0.05, 0.1) is 32.3 Å². The van der Waals surface area contributed by atoms with Crippen LogP contribution in [0.2, 0.25) is 10.0 Å². The van der Waals surface area contributed by atoms with Crippen molar-refractivity contribution in [2.45, 2.75) is 0 Å². The van der Waals surface area contributed by atoms with Gasteiger partial charge >= 0.3 is 5.97 Å². The summed E-state index contributed by atoms with van der Waals surface area (Å²) in [6.45, 7) is -0.448. The van der Waals surface area contributed by atoms with Crippen LogP contribution in [0.1, 0.15) is 10.4 Å². The van der Waals surface area contributed by atoms with E-state index in [9.17, 15) is 9.59 Å². The molecule has 7 nitrogen and oxygen atoms in total. The van der Waals surface area contributed by atoms with Gasteiger partial charge < -0.3 is 9.72 Å². The maximum atomic E-state index is 12.5. The molecule has 0 aliphatic carbocycles. The third-order valence-corrected chi connectivity index (χ3v) is 6.56. The molecular weight excluding hydrogens is 507 g/mol. The van der Waals surface area contributed by atoms with Crippen molar-refractivity contribution < 1.29 is 14.3 Å². The van der Waals surface area contributed by atoms with Crippen LogP contribution >= 0.6 is 34.5 Å². The van der Waals surface area contributed by atoms with Gasteiger partial charge in [0.1, 0.15) is 5.82 Å². The molecule has 3 aromatic carbocycles. The Kier molecular flexibility index (Phi) is 6.50. The minimum absolute atomic E-state index is 0.310. The first kappa shape index (κ1) is 23.0. The van der Waals surface area contributed by atoms with Crippen molar-refractivity contribution in [2.24, 2.45) is 0 Å². The Morgan fingerprint density at radius 1 is 0.943 bits per heavy atom. The number of fused-ring (bicyclic) bond motifs is 1. The number of anilines is 1. The van der Waals surface area contributed by atoms with Crippen LogP contribution in [0.25, 0.3) is 33.7 Å². The van der Waals surface area contributed by atoms with Crippen molar-refractivity contribution in [3.63, 3.8) is 0 Å². The zero-order valence-corrected chi connectivity index (χ0v) is 20.2. The lowest BCUT2D eigenvalue weighted by atomic mass is 10.2. The summed E-state index contributed by atoms with van der Waals surface area (Å²) in [5.41, 5.74) is 4.08.